The zero-order valence-electron chi connectivity index (χ0n) is 20.2. The first-order valence-corrected chi connectivity index (χ1v) is 13.9. The maximum absolute atomic E-state index is 13.4. The third-order valence-corrected chi connectivity index (χ3v) is 9.34. The van der Waals surface area contributed by atoms with E-state index in [-0.39, 0.29) is 17.0 Å². The third kappa shape index (κ3) is 3.85. The van der Waals surface area contributed by atoms with Gasteiger partial charge in [-0.1, -0.05) is 0 Å². The number of fused-ring (bicyclic) bond motifs is 3. The number of amides is 2. The molecule has 1 aromatic heterocycles. The summed E-state index contributed by atoms with van der Waals surface area (Å²) in [5.41, 5.74) is 7.34. The van der Waals surface area contributed by atoms with Gasteiger partial charge < -0.3 is 14.8 Å². The van der Waals surface area contributed by atoms with E-state index in [1.54, 1.807) is 11.8 Å². The first-order valence-electron chi connectivity index (χ1n) is 12.3. The smallest absolute Gasteiger partial charge is 0.354 e. The second-order valence-corrected chi connectivity index (χ2v) is 11.7. The van der Waals surface area contributed by atoms with Gasteiger partial charge in [0.1, 0.15) is 11.5 Å². The molecule has 10 nitrogen and oxygen atoms in total. The Balaban J connectivity index is 1.24. The molecule has 188 valence electrons. The van der Waals surface area contributed by atoms with E-state index in [4.69, 9.17) is 14.6 Å². The predicted octanol–water partition coefficient (Wildman–Crippen LogP) is 2.19. The molecule has 3 N–H and O–H groups in total. The average molecular weight is 501 g/mol. The Morgan fingerprint density at radius 1 is 1.17 bits per heavy atom. The molecule has 0 radical (unpaired) electrons. The van der Waals surface area contributed by atoms with Crippen LogP contribution in [0.3, 0.4) is 0 Å². The number of nitrogens with two attached hydrogens (primary N) is 1. The standard InChI is InChI=1S/C24H32N6O4S/c1-14-17-5-3-7-19(17)22(20-8-4-6-18(14)20)27-24(31)28-35(25,32)21-9-26-30-10-15(13-34-23(21)30)29-11-16(12-29)33-2/h9,15-16H,3-8,10-13H2,1-2H3,(H3,25,27,28,31,32). The molecule has 0 spiro atoms. The highest BCUT2D eigenvalue weighted by Crippen LogP contribution is 2.41. The quantitative estimate of drug-likeness (QED) is 0.663. The molecule has 2 unspecified atom stereocenters. The lowest BCUT2D eigenvalue weighted by Gasteiger charge is -2.44. The molecule has 3 heterocycles. The van der Waals surface area contributed by atoms with Crippen LogP contribution >= 0.6 is 0 Å². The van der Waals surface area contributed by atoms with Crippen LogP contribution in [-0.2, 0) is 46.9 Å². The van der Waals surface area contributed by atoms with Crippen molar-refractivity contribution >= 4 is 21.6 Å². The van der Waals surface area contributed by atoms with Gasteiger partial charge in [-0.15, -0.1) is 4.36 Å². The largest absolute Gasteiger partial charge is 0.475 e. The molecule has 1 fully saturated rings. The zero-order chi connectivity index (χ0) is 24.3. The van der Waals surface area contributed by atoms with Crippen LogP contribution in [0.1, 0.15) is 40.7 Å². The van der Waals surface area contributed by atoms with Crippen LogP contribution in [0.15, 0.2) is 15.5 Å². The molecule has 1 saturated heterocycles. The minimum absolute atomic E-state index is 0.154. The van der Waals surface area contributed by atoms with Crippen LogP contribution in [0.5, 0.6) is 5.88 Å². The van der Waals surface area contributed by atoms with Crippen LogP contribution in [0.4, 0.5) is 10.5 Å². The lowest BCUT2D eigenvalue weighted by Crippen LogP contribution is -2.59. The predicted molar refractivity (Wildman–Crippen MR) is 131 cm³/mol. The van der Waals surface area contributed by atoms with E-state index in [0.717, 1.165) is 57.3 Å². The highest BCUT2D eigenvalue weighted by molar-refractivity contribution is 7.91. The highest BCUT2D eigenvalue weighted by Gasteiger charge is 2.37. The summed E-state index contributed by atoms with van der Waals surface area (Å²) < 4.78 is 30.2. The van der Waals surface area contributed by atoms with Crippen molar-refractivity contribution in [3.63, 3.8) is 0 Å². The summed E-state index contributed by atoms with van der Waals surface area (Å²) in [7, 11) is -1.82. The Morgan fingerprint density at radius 3 is 2.49 bits per heavy atom. The number of ether oxygens (including phenoxy) is 2. The van der Waals surface area contributed by atoms with Crippen LogP contribution < -0.4 is 15.2 Å². The van der Waals surface area contributed by atoms with Crippen molar-refractivity contribution in [3.8, 4) is 5.88 Å². The van der Waals surface area contributed by atoms with E-state index in [0.29, 0.717) is 19.0 Å². The molecule has 2 aromatic rings. The lowest BCUT2D eigenvalue weighted by molar-refractivity contribution is -0.0687. The number of nitrogens with one attached hydrogen (secondary N) is 1. The Hall–Kier alpha value is -2.47. The monoisotopic (exact) mass is 500 g/mol. The summed E-state index contributed by atoms with van der Waals surface area (Å²) >= 11 is 0. The van der Waals surface area contributed by atoms with Gasteiger partial charge >= 0.3 is 6.03 Å². The van der Waals surface area contributed by atoms with Crippen molar-refractivity contribution in [1.29, 1.82) is 0 Å². The van der Waals surface area contributed by atoms with Gasteiger partial charge in [0.15, 0.2) is 9.92 Å². The number of methoxy groups -OCH3 is 1. The SMILES string of the molecule is COC1CN(C2COc3c(S(N)(=O)=NC(=O)Nc4c5c(c(C)c6c4CCC6)CCC5)cnn3C2)C1. The molecule has 11 heteroatoms. The molecule has 4 aliphatic rings. The highest BCUT2D eigenvalue weighted by atomic mass is 32.2. The second kappa shape index (κ2) is 8.58. The number of hydrogen-bond donors (Lipinski definition) is 2. The van der Waals surface area contributed by atoms with Crippen LogP contribution in [0.25, 0.3) is 0 Å². The number of aromatic nitrogens is 2. The van der Waals surface area contributed by atoms with Crippen molar-refractivity contribution in [3.05, 3.63) is 34.0 Å². The number of hydrogen-bond acceptors (Lipinski definition) is 6. The maximum atomic E-state index is 13.4. The zero-order valence-corrected chi connectivity index (χ0v) is 21.0. The van der Waals surface area contributed by atoms with E-state index >= 15 is 0 Å². The fraction of sp³-hybridized carbons (Fsp3) is 0.583. The fourth-order valence-electron chi connectivity index (χ4n) is 6.08. The normalized spacial score (nSPS) is 23.0. The number of carbonyl (C=O) groups excluding carboxylic acids is 1. The molecule has 2 aliphatic carbocycles. The van der Waals surface area contributed by atoms with Crippen molar-refractivity contribution in [2.45, 2.75) is 69.0 Å². The lowest BCUT2D eigenvalue weighted by atomic mass is 9.93. The molecule has 6 rings (SSSR count). The molecular formula is C24H32N6O4S. The molecule has 1 aromatic carbocycles. The van der Waals surface area contributed by atoms with Gasteiger partial charge in [0.2, 0.25) is 5.88 Å². The first-order chi connectivity index (χ1) is 16.9. The van der Waals surface area contributed by atoms with E-state index in [1.165, 1.54) is 34.0 Å². The van der Waals surface area contributed by atoms with Crippen molar-refractivity contribution in [2.24, 2.45) is 9.50 Å². The second-order valence-electron chi connectivity index (χ2n) is 9.98. The van der Waals surface area contributed by atoms with Crippen LogP contribution in [0.2, 0.25) is 0 Å². The van der Waals surface area contributed by atoms with Gasteiger partial charge in [0.05, 0.1) is 24.9 Å². The van der Waals surface area contributed by atoms with Gasteiger partial charge in [-0.2, -0.15) is 5.10 Å². The number of rotatable bonds is 4. The number of nitrogens with zero attached hydrogens (tertiary/aromatic N) is 4. The summed E-state index contributed by atoms with van der Waals surface area (Å²) in [5, 5.41) is 13.4. The van der Waals surface area contributed by atoms with Gasteiger partial charge in [0.25, 0.3) is 0 Å². The van der Waals surface area contributed by atoms with E-state index < -0.39 is 15.9 Å². The molecule has 2 atom stereocenters. The average Bonchev–Trinajstić information content (AvgIpc) is 3.55. The van der Waals surface area contributed by atoms with Gasteiger partial charge in [-0.3, -0.25) is 4.90 Å². The Labute approximate surface area is 205 Å². The van der Waals surface area contributed by atoms with E-state index in [9.17, 15) is 9.00 Å². The van der Waals surface area contributed by atoms with Crippen LogP contribution in [-0.4, -0.2) is 63.9 Å². The molecule has 2 amide bonds. The Morgan fingerprint density at radius 2 is 1.83 bits per heavy atom. The van der Waals surface area contributed by atoms with E-state index in [1.807, 2.05) is 0 Å². The number of anilines is 1. The summed E-state index contributed by atoms with van der Waals surface area (Å²) in [6.07, 6.45) is 7.76. The first kappa shape index (κ1) is 23.0. The van der Waals surface area contributed by atoms with Crippen LogP contribution in [0, 0.1) is 6.92 Å². The molecule has 0 saturated carbocycles. The minimum atomic E-state index is -3.54. The molecule has 0 bridgehead atoms. The van der Waals surface area contributed by atoms with Gasteiger partial charge in [-0.25, -0.2) is 18.8 Å². The number of benzene rings is 1. The summed E-state index contributed by atoms with van der Waals surface area (Å²) in [4.78, 5) is 15.4. The number of carbonyl (C=O) groups is 1. The summed E-state index contributed by atoms with van der Waals surface area (Å²) in [6.45, 7) is 4.92. The Kier molecular flexibility index (Phi) is 5.63. The number of urea groups is 1. The Bertz CT molecular complexity index is 1290. The molecular weight excluding hydrogens is 468 g/mol. The third-order valence-electron chi connectivity index (χ3n) is 7.99. The maximum Gasteiger partial charge on any atom is 0.354 e. The molecule has 35 heavy (non-hydrogen) atoms. The minimum Gasteiger partial charge on any atom is -0.475 e. The van der Waals surface area contributed by atoms with Gasteiger partial charge in [0, 0.05) is 25.9 Å². The molecule has 2 aliphatic heterocycles. The topological polar surface area (TPSA) is 124 Å². The van der Waals surface area contributed by atoms with Crippen molar-refractivity contribution < 1.29 is 18.5 Å². The number of likely N-dealkylation sites (tertiary alicyclic amines) is 1. The fourth-order valence-corrected chi connectivity index (χ4v) is 7.09. The van der Waals surface area contributed by atoms with Crippen molar-refractivity contribution in [1.82, 2.24) is 14.7 Å². The van der Waals surface area contributed by atoms with E-state index in [2.05, 4.69) is 26.6 Å². The summed E-state index contributed by atoms with van der Waals surface area (Å²) in [6, 6.07) is -0.536. The van der Waals surface area contributed by atoms with Gasteiger partial charge in [-0.05, 0) is 73.3 Å². The summed E-state index contributed by atoms with van der Waals surface area (Å²) in [5.74, 6) is 0.325. The van der Waals surface area contributed by atoms with Crippen molar-refractivity contribution in [2.75, 3.05) is 32.1 Å².